The van der Waals surface area contributed by atoms with Crippen LogP contribution in [0.5, 0.6) is 0 Å². The maximum Gasteiger partial charge on any atom is 0.410 e. The zero-order chi connectivity index (χ0) is 15.9. The van der Waals surface area contributed by atoms with Crippen molar-refractivity contribution in [2.24, 2.45) is 5.41 Å². The Hall–Kier alpha value is -0.910. The molecule has 1 unspecified atom stereocenters. The first kappa shape index (κ1) is 16.5. The van der Waals surface area contributed by atoms with E-state index in [1.807, 2.05) is 20.8 Å². The van der Waals surface area contributed by atoms with Gasteiger partial charge in [-0.05, 0) is 46.1 Å². The molecule has 1 aliphatic heterocycles. The summed E-state index contributed by atoms with van der Waals surface area (Å²) in [5, 5.41) is 3.05. The lowest BCUT2D eigenvalue weighted by Crippen LogP contribution is -2.50. The van der Waals surface area contributed by atoms with Gasteiger partial charge in [-0.1, -0.05) is 0 Å². The fourth-order valence-electron chi connectivity index (χ4n) is 3.62. The van der Waals surface area contributed by atoms with Crippen molar-refractivity contribution in [3.8, 4) is 0 Å². The molecule has 2 rings (SSSR count). The molecule has 2 aliphatic rings. The number of nitrogens with zero attached hydrogens (tertiary/aromatic N) is 1. The number of alkyl halides is 2. The van der Waals surface area contributed by atoms with Gasteiger partial charge in [0, 0.05) is 32.0 Å². The van der Waals surface area contributed by atoms with Crippen molar-refractivity contribution < 1.29 is 18.3 Å². The summed E-state index contributed by atoms with van der Waals surface area (Å²) in [5.74, 6) is -2.60. The van der Waals surface area contributed by atoms with Crippen LogP contribution in [0.4, 0.5) is 13.6 Å². The lowest BCUT2D eigenvalue weighted by molar-refractivity contribution is -0.0182. The Balaban J connectivity index is 1.98. The van der Waals surface area contributed by atoms with Gasteiger partial charge in [0.1, 0.15) is 5.60 Å². The SMILES string of the molecule is CNC1CC(F)(F)CC12CCN(C(=O)OC(C)(C)C)CC2. The number of amides is 1. The Morgan fingerprint density at radius 1 is 1.29 bits per heavy atom. The average molecular weight is 304 g/mol. The molecule has 1 saturated heterocycles. The Kier molecular flexibility index (Phi) is 4.21. The van der Waals surface area contributed by atoms with E-state index in [0.717, 1.165) is 0 Å². The van der Waals surface area contributed by atoms with Crippen LogP contribution in [0, 0.1) is 5.41 Å². The Morgan fingerprint density at radius 2 is 1.86 bits per heavy atom. The quantitative estimate of drug-likeness (QED) is 0.809. The number of rotatable bonds is 1. The third kappa shape index (κ3) is 3.65. The Labute approximate surface area is 125 Å². The minimum absolute atomic E-state index is 0.0757. The predicted molar refractivity (Wildman–Crippen MR) is 76.5 cm³/mol. The number of nitrogens with one attached hydrogen (secondary N) is 1. The van der Waals surface area contributed by atoms with E-state index in [1.54, 1.807) is 11.9 Å². The van der Waals surface area contributed by atoms with Gasteiger partial charge < -0.3 is 15.0 Å². The second-order valence-electron chi connectivity index (χ2n) is 7.41. The number of hydrogen-bond donors (Lipinski definition) is 1. The van der Waals surface area contributed by atoms with Crippen LogP contribution in [0.2, 0.25) is 0 Å². The smallest absolute Gasteiger partial charge is 0.410 e. The molecule has 1 amide bonds. The average Bonchev–Trinajstić information content (AvgIpc) is 2.58. The van der Waals surface area contributed by atoms with Gasteiger partial charge in [-0.3, -0.25) is 0 Å². The van der Waals surface area contributed by atoms with Crippen molar-refractivity contribution in [1.29, 1.82) is 0 Å². The summed E-state index contributed by atoms with van der Waals surface area (Å²) in [4.78, 5) is 13.7. The van der Waals surface area contributed by atoms with Crippen LogP contribution in [0.25, 0.3) is 0 Å². The second kappa shape index (κ2) is 5.38. The van der Waals surface area contributed by atoms with Crippen LogP contribution in [0.1, 0.15) is 46.5 Å². The van der Waals surface area contributed by atoms with Crippen LogP contribution < -0.4 is 5.32 Å². The summed E-state index contributed by atoms with van der Waals surface area (Å²) in [7, 11) is 1.74. The summed E-state index contributed by atoms with van der Waals surface area (Å²) in [6.45, 7) is 6.45. The minimum Gasteiger partial charge on any atom is -0.444 e. The third-order valence-corrected chi connectivity index (χ3v) is 4.61. The van der Waals surface area contributed by atoms with E-state index < -0.39 is 16.9 Å². The van der Waals surface area contributed by atoms with Gasteiger partial charge in [0.25, 0.3) is 0 Å². The molecule has 0 aromatic rings. The van der Waals surface area contributed by atoms with Crippen molar-refractivity contribution in [1.82, 2.24) is 10.2 Å². The monoisotopic (exact) mass is 304 g/mol. The molecule has 1 N–H and O–H groups in total. The highest BCUT2D eigenvalue weighted by molar-refractivity contribution is 5.68. The normalized spacial score (nSPS) is 27.9. The van der Waals surface area contributed by atoms with Gasteiger partial charge in [0.2, 0.25) is 5.92 Å². The number of carbonyl (C=O) groups is 1. The number of carbonyl (C=O) groups excluding carboxylic acids is 1. The van der Waals surface area contributed by atoms with Crippen LogP contribution >= 0.6 is 0 Å². The number of hydrogen-bond acceptors (Lipinski definition) is 3. The molecule has 1 aliphatic carbocycles. The lowest BCUT2D eigenvalue weighted by Gasteiger charge is -2.42. The topological polar surface area (TPSA) is 41.6 Å². The number of halogens is 2. The first-order valence-electron chi connectivity index (χ1n) is 7.60. The molecule has 1 heterocycles. The van der Waals surface area contributed by atoms with E-state index in [2.05, 4.69) is 5.32 Å². The number of ether oxygens (including phenoxy) is 1. The van der Waals surface area contributed by atoms with Gasteiger partial charge >= 0.3 is 6.09 Å². The van der Waals surface area contributed by atoms with Crippen molar-refractivity contribution in [3.63, 3.8) is 0 Å². The van der Waals surface area contributed by atoms with Gasteiger partial charge in [0.15, 0.2) is 0 Å². The third-order valence-electron chi connectivity index (χ3n) is 4.61. The van der Waals surface area contributed by atoms with Crippen molar-refractivity contribution in [2.45, 2.75) is 64.0 Å². The lowest BCUT2D eigenvalue weighted by atomic mass is 9.74. The highest BCUT2D eigenvalue weighted by atomic mass is 19.3. The van der Waals surface area contributed by atoms with Gasteiger partial charge in [-0.25, -0.2) is 13.6 Å². The molecule has 4 nitrogen and oxygen atoms in total. The van der Waals surface area contributed by atoms with Gasteiger partial charge in [-0.2, -0.15) is 0 Å². The summed E-state index contributed by atoms with van der Waals surface area (Å²) >= 11 is 0. The first-order chi connectivity index (χ1) is 9.57. The first-order valence-corrected chi connectivity index (χ1v) is 7.60. The maximum atomic E-state index is 13.7. The molecular weight excluding hydrogens is 278 g/mol. The highest BCUT2D eigenvalue weighted by Gasteiger charge is 2.56. The van der Waals surface area contributed by atoms with E-state index in [-0.39, 0.29) is 25.0 Å². The Bertz CT molecular complexity index is 399. The zero-order valence-corrected chi connectivity index (χ0v) is 13.3. The molecule has 0 radical (unpaired) electrons. The van der Waals surface area contributed by atoms with Crippen LogP contribution in [-0.4, -0.2) is 48.7 Å². The molecule has 1 atom stereocenters. The van der Waals surface area contributed by atoms with Crippen molar-refractivity contribution in [2.75, 3.05) is 20.1 Å². The van der Waals surface area contributed by atoms with Crippen LogP contribution in [0.3, 0.4) is 0 Å². The predicted octanol–water partition coefficient (Wildman–Crippen LogP) is 3.02. The maximum absolute atomic E-state index is 13.7. The van der Waals surface area contributed by atoms with E-state index in [9.17, 15) is 13.6 Å². The molecule has 6 heteroatoms. The van der Waals surface area contributed by atoms with E-state index in [4.69, 9.17) is 4.74 Å². The number of piperidine rings is 1. The van der Waals surface area contributed by atoms with E-state index >= 15 is 0 Å². The van der Waals surface area contributed by atoms with Gasteiger partial charge in [-0.15, -0.1) is 0 Å². The summed E-state index contributed by atoms with van der Waals surface area (Å²) in [6.07, 6.45) is 0.688. The van der Waals surface area contributed by atoms with Crippen molar-refractivity contribution in [3.05, 3.63) is 0 Å². The highest BCUT2D eigenvalue weighted by Crippen LogP contribution is 2.52. The largest absolute Gasteiger partial charge is 0.444 e. The van der Waals surface area contributed by atoms with Gasteiger partial charge in [0.05, 0.1) is 0 Å². The number of likely N-dealkylation sites (tertiary alicyclic amines) is 1. The molecule has 122 valence electrons. The molecule has 1 saturated carbocycles. The standard InChI is InChI=1S/C15H26F2N2O2/c1-13(2,3)21-12(20)19-7-5-14(6-8-19)10-15(16,17)9-11(14)18-4/h11,18H,5-10H2,1-4H3. The fraction of sp³-hybridized carbons (Fsp3) is 0.933. The van der Waals surface area contributed by atoms with Crippen LogP contribution in [-0.2, 0) is 4.74 Å². The zero-order valence-electron chi connectivity index (χ0n) is 13.3. The molecule has 0 bridgehead atoms. The molecule has 0 aromatic heterocycles. The molecule has 1 spiro atoms. The minimum atomic E-state index is -2.60. The molecule has 0 aromatic carbocycles. The van der Waals surface area contributed by atoms with Crippen LogP contribution in [0.15, 0.2) is 0 Å². The van der Waals surface area contributed by atoms with E-state index in [1.165, 1.54) is 0 Å². The molecule has 2 fully saturated rings. The summed E-state index contributed by atoms with van der Waals surface area (Å²) in [5.41, 5.74) is -0.920. The summed E-state index contributed by atoms with van der Waals surface area (Å²) in [6, 6.07) is -0.173. The molecular formula is C15H26F2N2O2. The Morgan fingerprint density at radius 3 is 2.33 bits per heavy atom. The molecule has 21 heavy (non-hydrogen) atoms. The summed E-state index contributed by atoms with van der Waals surface area (Å²) < 4.78 is 32.8. The van der Waals surface area contributed by atoms with Crippen molar-refractivity contribution >= 4 is 6.09 Å². The van der Waals surface area contributed by atoms with E-state index in [0.29, 0.717) is 25.9 Å². The fourth-order valence-corrected chi connectivity index (χ4v) is 3.62. The second-order valence-corrected chi connectivity index (χ2v) is 7.41.